The Morgan fingerprint density at radius 3 is 2.44 bits per heavy atom. The van der Waals surface area contributed by atoms with Gasteiger partial charge in [-0.1, -0.05) is 42.8 Å². The van der Waals surface area contributed by atoms with E-state index in [2.05, 4.69) is 36.2 Å². The maximum absolute atomic E-state index is 5.20. The lowest BCUT2D eigenvalue weighted by molar-refractivity contribution is 0.317. The van der Waals surface area contributed by atoms with E-state index in [4.69, 9.17) is 4.74 Å². The highest BCUT2D eigenvalue weighted by atomic mass is 16.5. The molecule has 0 saturated carbocycles. The van der Waals surface area contributed by atoms with Crippen molar-refractivity contribution in [1.82, 2.24) is 10.2 Å². The molecule has 0 aliphatic carbocycles. The van der Waals surface area contributed by atoms with Gasteiger partial charge in [-0.2, -0.15) is 5.10 Å². The maximum Gasteiger partial charge on any atom is 0.156 e. The summed E-state index contributed by atoms with van der Waals surface area (Å²) >= 11 is 0. The fourth-order valence-corrected chi connectivity index (χ4v) is 1.07. The predicted molar refractivity (Wildman–Crippen MR) is 65.6 cm³/mol. The maximum atomic E-state index is 5.20. The number of ether oxygens (including phenoxy) is 1. The molecule has 2 rings (SSSR count). The molecular formula is C13H18N2O. The number of aromatic nitrogens is 2. The van der Waals surface area contributed by atoms with Gasteiger partial charge in [-0.3, -0.25) is 5.10 Å². The fraction of sp³-hybridized carbons (Fsp3) is 0.308. The van der Waals surface area contributed by atoms with E-state index >= 15 is 0 Å². The Morgan fingerprint density at radius 2 is 2.00 bits per heavy atom. The fourth-order valence-electron chi connectivity index (χ4n) is 1.07. The number of hydrogen-bond donors (Lipinski definition) is 1. The number of aromatic amines is 1. The summed E-state index contributed by atoms with van der Waals surface area (Å²) in [6.07, 6.45) is 4.43. The zero-order chi connectivity index (χ0) is 11.6. The number of hydrogen-bond acceptors (Lipinski definition) is 2. The third-order valence-electron chi connectivity index (χ3n) is 1.89. The van der Waals surface area contributed by atoms with Crippen LogP contribution in [0.5, 0.6) is 5.75 Å². The molecule has 0 radical (unpaired) electrons. The van der Waals surface area contributed by atoms with Crippen molar-refractivity contribution in [2.75, 3.05) is 6.61 Å². The molecule has 0 bridgehead atoms. The highest BCUT2D eigenvalue weighted by Crippen LogP contribution is 2.04. The van der Waals surface area contributed by atoms with Crippen LogP contribution in [0.25, 0.3) is 0 Å². The Kier molecular flexibility index (Phi) is 5.78. The SMILES string of the molecule is CCCOc1cn[nH]c1.Cc1ccccc1. The predicted octanol–water partition coefficient (Wildman–Crippen LogP) is 3.19. The Balaban J connectivity index is 0.000000165. The second-order valence-electron chi connectivity index (χ2n) is 3.44. The zero-order valence-corrected chi connectivity index (χ0v) is 9.81. The van der Waals surface area contributed by atoms with Crippen molar-refractivity contribution in [1.29, 1.82) is 0 Å². The van der Waals surface area contributed by atoms with Crippen LogP contribution in [-0.4, -0.2) is 16.8 Å². The van der Waals surface area contributed by atoms with Crippen molar-refractivity contribution in [3.63, 3.8) is 0 Å². The summed E-state index contributed by atoms with van der Waals surface area (Å²) in [5.74, 6) is 0.817. The summed E-state index contributed by atoms with van der Waals surface area (Å²) < 4.78 is 5.20. The lowest BCUT2D eigenvalue weighted by atomic mass is 10.2. The van der Waals surface area contributed by atoms with Gasteiger partial charge in [-0.15, -0.1) is 0 Å². The molecule has 1 N–H and O–H groups in total. The Labute approximate surface area is 96.5 Å². The molecule has 0 unspecified atom stereocenters. The van der Waals surface area contributed by atoms with E-state index in [-0.39, 0.29) is 0 Å². The Morgan fingerprint density at radius 1 is 1.25 bits per heavy atom. The van der Waals surface area contributed by atoms with Crippen molar-refractivity contribution >= 4 is 0 Å². The lowest BCUT2D eigenvalue weighted by Gasteiger charge is -1.96. The molecule has 3 heteroatoms. The summed E-state index contributed by atoms with van der Waals surface area (Å²) in [5.41, 5.74) is 1.32. The highest BCUT2D eigenvalue weighted by Gasteiger charge is 1.89. The Bertz CT molecular complexity index is 357. The highest BCUT2D eigenvalue weighted by molar-refractivity contribution is 5.11. The molecule has 0 atom stereocenters. The molecule has 86 valence electrons. The standard InChI is InChI=1S/C7H8.C6H10N2O/c1-7-5-3-2-4-6-7;1-2-3-9-6-4-7-8-5-6/h2-6H,1H3;4-5H,2-3H2,1H3,(H,7,8). The molecule has 0 aliphatic heterocycles. The normalized spacial score (nSPS) is 9.12. The average molecular weight is 218 g/mol. The molecule has 1 aromatic carbocycles. The van der Waals surface area contributed by atoms with E-state index in [1.165, 1.54) is 5.56 Å². The molecule has 0 aliphatic rings. The summed E-state index contributed by atoms with van der Waals surface area (Å²) in [7, 11) is 0. The average Bonchev–Trinajstić information content (AvgIpc) is 2.81. The summed E-state index contributed by atoms with van der Waals surface area (Å²) in [4.78, 5) is 0. The first-order valence-electron chi connectivity index (χ1n) is 5.46. The summed E-state index contributed by atoms with van der Waals surface area (Å²) in [6, 6.07) is 10.3. The van der Waals surface area contributed by atoms with Gasteiger partial charge < -0.3 is 4.74 Å². The third-order valence-corrected chi connectivity index (χ3v) is 1.89. The molecule has 0 amide bonds. The van der Waals surface area contributed by atoms with Crippen molar-refractivity contribution in [2.24, 2.45) is 0 Å². The number of H-pyrrole nitrogens is 1. The van der Waals surface area contributed by atoms with Crippen molar-refractivity contribution in [2.45, 2.75) is 20.3 Å². The first kappa shape index (κ1) is 12.3. The summed E-state index contributed by atoms with van der Waals surface area (Å²) in [6.45, 7) is 4.92. The van der Waals surface area contributed by atoms with E-state index in [0.29, 0.717) is 0 Å². The molecule has 0 spiro atoms. The van der Waals surface area contributed by atoms with Crippen LogP contribution in [0.2, 0.25) is 0 Å². The van der Waals surface area contributed by atoms with E-state index in [1.54, 1.807) is 12.4 Å². The number of nitrogens with one attached hydrogen (secondary N) is 1. The van der Waals surface area contributed by atoms with Crippen LogP contribution in [0.15, 0.2) is 42.7 Å². The van der Waals surface area contributed by atoms with Crippen LogP contribution < -0.4 is 4.74 Å². The zero-order valence-electron chi connectivity index (χ0n) is 9.81. The molecule has 1 aromatic heterocycles. The van der Waals surface area contributed by atoms with Crippen LogP contribution in [-0.2, 0) is 0 Å². The van der Waals surface area contributed by atoms with Gasteiger partial charge in [-0.25, -0.2) is 0 Å². The van der Waals surface area contributed by atoms with Gasteiger partial charge in [0.1, 0.15) is 0 Å². The first-order valence-corrected chi connectivity index (χ1v) is 5.46. The van der Waals surface area contributed by atoms with Gasteiger partial charge in [0.2, 0.25) is 0 Å². The van der Waals surface area contributed by atoms with Crippen molar-refractivity contribution in [3.05, 3.63) is 48.3 Å². The molecule has 0 saturated heterocycles. The van der Waals surface area contributed by atoms with Crippen LogP contribution in [0.4, 0.5) is 0 Å². The minimum Gasteiger partial charge on any atom is -0.490 e. The molecule has 0 fully saturated rings. The number of benzene rings is 1. The second kappa shape index (κ2) is 7.51. The lowest BCUT2D eigenvalue weighted by Crippen LogP contribution is -1.92. The van der Waals surface area contributed by atoms with Gasteiger partial charge in [-0.05, 0) is 13.3 Å². The van der Waals surface area contributed by atoms with Crippen molar-refractivity contribution in [3.8, 4) is 5.75 Å². The number of nitrogens with zero attached hydrogens (tertiary/aromatic N) is 1. The van der Waals surface area contributed by atoms with E-state index in [0.717, 1.165) is 18.8 Å². The minimum absolute atomic E-state index is 0.763. The quantitative estimate of drug-likeness (QED) is 0.859. The molecule has 3 nitrogen and oxygen atoms in total. The van der Waals surface area contributed by atoms with E-state index < -0.39 is 0 Å². The largest absolute Gasteiger partial charge is 0.490 e. The smallest absolute Gasteiger partial charge is 0.156 e. The second-order valence-corrected chi connectivity index (χ2v) is 3.44. The van der Waals surface area contributed by atoms with Crippen LogP contribution >= 0.6 is 0 Å². The van der Waals surface area contributed by atoms with Gasteiger partial charge in [0.05, 0.1) is 19.0 Å². The van der Waals surface area contributed by atoms with Gasteiger partial charge in [0.25, 0.3) is 0 Å². The van der Waals surface area contributed by atoms with Crippen LogP contribution in [0.3, 0.4) is 0 Å². The topological polar surface area (TPSA) is 37.9 Å². The molecule has 2 aromatic rings. The first-order chi connectivity index (χ1) is 7.83. The molecule has 16 heavy (non-hydrogen) atoms. The number of aryl methyl sites for hydroxylation is 1. The van der Waals surface area contributed by atoms with E-state index in [9.17, 15) is 0 Å². The monoisotopic (exact) mass is 218 g/mol. The molecule has 1 heterocycles. The van der Waals surface area contributed by atoms with E-state index in [1.807, 2.05) is 18.2 Å². The third kappa shape index (κ3) is 5.20. The molecular weight excluding hydrogens is 200 g/mol. The minimum atomic E-state index is 0.763. The summed E-state index contributed by atoms with van der Waals surface area (Å²) in [5, 5.41) is 6.39. The van der Waals surface area contributed by atoms with Crippen molar-refractivity contribution < 1.29 is 4.74 Å². The van der Waals surface area contributed by atoms with Gasteiger partial charge in [0, 0.05) is 0 Å². The van der Waals surface area contributed by atoms with Gasteiger partial charge in [0.15, 0.2) is 5.75 Å². The van der Waals surface area contributed by atoms with Crippen LogP contribution in [0.1, 0.15) is 18.9 Å². The van der Waals surface area contributed by atoms with Crippen LogP contribution in [0, 0.1) is 6.92 Å². The van der Waals surface area contributed by atoms with Gasteiger partial charge >= 0.3 is 0 Å². The number of rotatable bonds is 3. The Hall–Kier alpha value is -1.77.